The number of rotatable bonds is 5. The van der Waals surface area contributed by atoms with Crippen molar-refractivity contribution in [2.24, 2.45) is 0 Å². The van der Waals surface area contributed by atoms with Crippen LogP contribution >= 0.6 is 0 Å². The zero-order valence-corrected chi connectivity index (χ0v) is 12.2. The van der Waals surface area contributed by atoms with Gasteiger partial charge in [-0.2, -0.15) is 0 Å². The molecule has 1 heterocycles. The van der Waals surface area contributed by atoms with Gasteiger partial charge in [0, 0.05) is 5.56 Å². The summed E-state index contributed by atoms with van der Waals surface area (Å²) in [6, 6.07) is 9.30. The number of carbonyl (C=O) groups is 2. The van der Waals surface area contributed by atoms with Crippen molar-refractivity contribution >= 4 is 11.8 Å². The summed E-state index contributed by atoms with van der Waals surface area (Å²) >= 11 is 0. The molecule has 2 amide bonds. The molecule has 0 unspecified atom stereocenters. The number of carbonyl (C=O) groups excluding carboxylic acids is 2. The average Bonchev–Trinajstić information content (AvgIpc) is 3.20. The predicted molar refractivity (Wildman–Crippen MR) is 81.4 cm³/mol. The van der Waals surface area contributed by atoms with Crippen LogP contribution in [0, 0.1) is 0 Å². The van der Waals surface area contributed by atoms with Crippen LogP contribution in [0.3, 0.4) is 0 Å². The van der Waals surface area contributed by atoms with Crippen LogP contribution < -0.4 is 10.6 Å². The lowest BCUT2D eigenvalue weighted by Gasteiger charge is -2.07. The molecule has 0 atom stereocenters. The second-order valence-electron chi connectivity index (χ2n) is 5.38. The smallest absolute Gasteiger partial charge is 0.251 e. The molecular weight excluding hydrogens is 280 g/mol. The van der Waals surface area contributed by atoms with E-state index in [1.165, 1.54) is 11.1 Å². The van der Waals surface area contributed by atoms with E-state index in [9.17, 15) is 9.59 Å². The maximum Gasteiger partial charge on any atom is 0.251 e. The summed E-state index contributed by atoms with van der Waals surface area (Å²) in [4.78, 5) is 23.8. The molecule has 0 saturated carbocycles. The Morgan fingerprint density at radius 3 is 2.77 bits per heavy atom. The van der Waals surface area contributed by atoms with E-state index in [2.05, 4.69) is 10.6 Å². The fourth-order valence-electron chi connectivity index (χ4n) is 2.64. The third kappa shape index (κ3) is 3.36. The number of aryl methyl sites for hydroxylation is 2. The SMILES string of the molecule is O=C(CNC(=O)c1ccc2c(c1)CCC2)NCc1ccco1. The monoisotopic (exact) mass is 298 g/mol. The van der Waals surface area contributed by atoms with Gasteiger partial charge in [-0.05, 0) is 54.7 Å². The summed E-state index contributed by atoms with van der Waals surface area (Å²) in [5, 5.41) is 5.32. The summed E-state index contributed by atoms with van der Waals surface area (Å²) in [7, 11) is 0. The van der Waals surface area contributed by atoms with Gasteiger partial charge in [0.2, 0.25) is 5.91 Å². The Morgan fingerprint density at radius 2 is 1.95 bits per heavy atom. The van der Waals surface area contributed by atoms with Crippen LogP contribution in [0.1, 0.15) is 33.7 Å². The number of hydrogen-bond donors (Lipinski definition) is 2. The van der Waals surface area contributed by atoms with Gasteiger partial charge in [0.15, 0.2) is 0 Å². The molecule has 114 valence electrons. The average molecular weight is 298 g/mol. The normalized spacial score (nSPS) is 12.7. The van der Waals surface area contributed by atoms with E-state index in [4.69, 9.17) is 4.42 Å². The fourth-order valence-corrected chi connectivity index (χ4v) is 2.64. The highest BCUT2D eigenvalue weighted by molar-refractivity contribution is 5.96. The van der Waals surface area contributed by atoms with Crippen molar-refractivity contribution < 1.29 is 14.0 Å². The molecule has 0 aliphatic heterocycles. The molecule has 1 aliphatic rings. The van der Waals surface area contributed by atoms with Crippen LogP contribution in [0.4, 0.5) is 0 Å². The minimum atomic E-state index is -0.245. The quantitative estimate of drug-likeness (QED) is 0.884. The topological polar surface area (TPSA) is 71.3 Å². The Labute approximate surface area is 128 Å². The Bertz CT molecular complexity index is 677. The molecular formula is C17H18N2O3. The highest BCUT2D eigenvalue weighted by atomic mass is 16.3. The Morgan fingerprint density at radius 1 is 1.09 bits per heavy atom. The summed E-state index contributed by atoms with van der Waals surface area (Å²) in [5.74, 6) is 0.215. The first kappa shape index (κ1) is 14.4. The summed E-state index contributed by atoms with van der Waals surface area (Å²) in [6.45, 7) is 0.275. The van der Waals surface area contributed by atoms with Crippen LogP contribution in [0.15, 0.2) is 41.0 Å². The molecule has 1 aliphatic carbocycles. The number of amides is 2. The van der Waals surface area contributed by atoms with E-state index in [0.29, 0.717) is 17.9 Å². The van der Waals surface area contributed by atoms with Gasteiger partial charge in [0.25, 0.3) is 5.91 Å². The zero-order valence-electron chi connectivity index (χ0n) is 12.2. The van der Waals surface area contributed by atoms with Crippen LogP contribution in [0.25, 0.3) is 0 Å². The second-order valence-corrected chi connectivity index (χ2v) is 5.38. The summed E-state index contributed by atoms with van der Waals surface area (Å²) in [5.41, 5.74) is 3.18. The van der Waals surface area contributed by atoms with E-state index in [1.807, 2.05) is 18.2 Å². The molecule has 0 fully saturated rings. The molecule has 22 heavy (non-hydrogen) atoms. The van der Waals surface area contributed by atoms with Gasteiger partial charge in [-0.1, -0.05) is 6.07 Å². The molecule has 1 aromatic carbocycles. The number of furan rings is 1. The van der Waals surface area contributed by atoms with Crippen molar-refractivity contribution in [3.8, 4) is 0 Å². The van der Waals surface area contributed by atoms with Crippen LogP contribution in [0.2, 0.25) is 0 Å². The summed E-state index contributed by atoms with van der Waals surface area (Å²) in [6.07, 6.45) is 4.82. The van der Waals surface area contributed by atoms with Crippen molar-refractivity contribution in [2.75, 3.05) is 6.54 Å². The molecule has 0 bridgehead atoms. The van der Waals surface area contributed by atoms with Crippen molar-refractivity contribution in [1.29, 1.82) is 0 Å². The van der Waals surface area contributed by atoms with Gasteiger partial charge in [0.1, 0.15) is 5.76 Å². The van der Waals surface area contributed by atoms with E-state index < -0.39 is 0 Å². The lowest BCUT2D eigenvalue weighted by Crippen LogP contribution is -2.36. The molecule has 0 spiro atoms. The van der Waals surface area contributed by atoms with Crippen molar-refractivity contribution in [3.05, 3.63) is 59.0 Å². The van der Waals surface area contributed by atoms with E-state index in [-0.39, 0.29) is 18.4 Å². The van der Waals surface area contributed by atoms with Gasteiger partial charge in [-0.15, -0.1) is 0 Å². The van der Waals surface area contributed by atoms with Gasteiger partial charge in [-0.25, -0.2) is 0 Å². The Kier molecular flexibility index (Phi) is 4.23. The maximum absolute atomic E-state index is 12.1. The third-order valence-electron chi connectivity index (χ3n) is 3.81. The molecule has 3 rings (SSSR count). The molecule has 5 heteroatoms. The van der Waals surface area contributed by atoms with Crippen LogP contribution in [0.5, 0.6) is 0 Å². The minimum Gasteiger partial charge on any atom is -0.467 e. The van der Waals surface area contributed by atoms with Crippen LogP contribution in [-0.2, 0) is 24.2 Å². The molecule has 2 N–H and O–H groups in total. The largest absolute Gasteiger partial charge is 0.467 e. The minimum absolute atomic E-state index is 0.0450. The molecule has 0 radical (unpaired) electrons. The highest BCUT2D eigenvalue weighted by Crippen LogP contribution is 2.22. The maximum atomic E-state index is 12.1. The fraction of sp³-hybridized carbons (Fsp3) is 0.294. The third-order valence-corrected chi connectivity index (χ3v) is 3.81. The van der Waals surface area contributed by atoms with E-state index >= 15 is 0 Å². The highest BCUT2D eigenvalue weighted by Gasteiger charge is 2.14. The summed E-state index contributed by atoms with van der Waals surface area (Å²) < 4.78 is 5.12. The van der Waals surface area contributed by atoms with Crippen molar-refractivity contribution in [3.63, 3.8) is 0 Å². The van der Waals surface area contributed by atoms with Crippen molar-refractivity contribution in [2.45, 2.75) is 25.8 Å². The first-order chi connectivity index (χ1) is 10.7. The molecule has 5 nitrogen and oxygen atoms in total. The number of benzene rings is 1. The number of nitrogens with one attached hydrogen (secondary N) is 2. The standard InChI is InChI=1S/C17H18N2O3/c20-16(18-10-15-5-2-8-22-15)11-19-17(21)14-7-6-12-3-1-4-13(12)9-14/h2,5-9H,1,3-4,10-11H2,(H,18,20)(H,19,21). The van der Waals surface area contributed by atoms with Gasteiger partial charge < -0.3 is 15.1 Å². The zero-order chi connectivity index (χ0) is 15.4. The van der Waals surface area contributed by atoms with Gasteiger partial charge in [-0.3, -0.25) is 9.59 Å². The first-order valence-electron chi connectivity index (χ1n) is 7.41. The van der Waals surface area contributed by atoms with E-state index in [1.54, 1.807) is 18.4 Å². The van der Waals surface area contributed by atoms with Crippen LogP contribution in [-0.4, -0.2) is 18.4 Å². The lowest BCUT2D eigenvalue weighted by molar-refractivity contribution is -0.120. The second kappa shape index (κ2) is 6.47. The van der Waals surface area contributed by atoms with Gasteiger partial charge >= 0.3 is 0 Å². The predicted octanol–water partition coefficient (Wildman–Crippen LogP) is 1.81. The lowest BCUT2D eigenvalue weighted by atomic mass is 10.1. The Hall–Kier alpha value is -2.56. The van der Waals surface area contributed by atoms with Crippen molar-refractivity contribution in [1.82, 2.24) is 10.6 Å². The Balaban J connectivity index is 1.48. The van der Waals surface area contributed by atoms with E-state index in [0.717, 1.165) is 19.3 Å². The molecule has 2 aromatic rings. The van der Waals surface area contributed by atoms with Gasteiger partial charge in [0.05, 0.1) is 19.4 Å². The molecule has 0 saturated heterocycles. The first-order valence-corrected chi connectivity index (χ1v) is 7.41. The number of fused-ring (bicyclic) bond motifs is 1. The molecule has 1 aromatic heterocycles. The number of hydrogen-bond acceptors (Lipinski definition) is 3.